The number of rotatable bonds is 6. The Kier molecular flexibility index (Phi) is 6.09. The molecule has 0 aromatic rings. The Balaban J connectivity index is 4.05. The first-order chi connectivity index (χ1) is 7.06. The van der Waals surface area contributed by atoms with E-state index in [4.69, 9.17) is 0 Å². The normalized spacial score (nSPS) is 9.20. The molecule has 0 spiro atoms. The van der Waals surface area contributed by atoms with E-state index < -0.39 is 0 Å². The van der Waals surface area contributed by atoms with Crippen LogP contribution in [0.3, 0.4) is 0 Å². The van der Waals surface area contributed by atoms with Gasteiger partial charge in [0.25, 0.3) is 0 Å². The van der Waals surface area contributed by atoms with Crippen LogP contribution in [-0.2, 0) is 9.59 Å². The van der Waals surface area contributed by atoms with E-state index in [1.165, 1.54) is 22.2 Å². The first kappa shape index (κ1) is 13.4. The second-order valence-corrected chi connectivity index (χ2v) is 3.05. The van der Waals surface area contributed by atoms with Crippen molar-refractivity contribution in [2.24, 2.45) is 0 Å². The Morgan fingerprint density at radius 3 is 2.07 bits per heavy atom. The molecule has 0 atom stereocenters. The quantitative estimate of drug-likeness (QED) is 0.664. The number of hydrogen-bond donors (Lipinski definition) is 0. The smallest absolute Gasteiger partial charge is 0.226 e. The lowest BCUT2D eigenvalue weighted by Gasteiger charge is -2.16. The Morgan fingerprint density at radius 1 is 1.13 bits per heavy atom. The average Bonchev–Trinajstić information content (AvgIpc) is 2.26. The summed E-state index contributed by atoms with van der Waals surface area (Å²) in [5, 5.41) is 0. The van der Waals surface area contributed by atoms with Crippen molar-refractivity contribution in [1.29, 1.82) is 0 Å². The zero-order chi connectivity index (χ0) is 11.8. The lowest BCUT2D eigenvalue weighted by molar-refractivity contribution is -0.133. The van der Waals surface area contributed by atoms with E-state index in [2.05, 4.69) is 13.2 Å². The van der Waals surface area contributed by atoms with Crippen molar-refractivity contribution < 1.29 is 9.59 Å². The molecule has 0 aliphatic heterocycles. The van der Waals surface area contributed by atoms with Crippen LogP contribution in [0.4, 0.5) is 0 Å². The molecule has 2 amide bonds. The molecule has 15 heavy (non-hydrogen) atoms. The number of amides is 2. The van der Waals surface area contributed by atoms with Gasteiger partial charge < -0.3 is 9.80 Å². The molecule has 0 saturated carbocycles. The summed E-state index contributed by atoms with van der Waals surface area (Å²) in [5.74, 6) is -0.197. The summed E-state index contributed by atoms with van der Waals surface area (Å²) < 4.78 is 0. The summed E-state index contributed by atoms with van der Waals surface area (Å²) >= 11 is 0. The molecule has 0 unspecified atom stereocenters. The van der Waals surface area contributed by atoms with E-state index in [0.717, 1.165) is 0 Å². The number of hydrogen-bond acceptors (Lipinski definition) is 2. The molecule has 0 radical (unpaired) electrons. The second-order valence-electron chi connectivity index (χ2n) is 3.05. The van der Waals surface area contributed by atoms with E-state index in [1.54, 1.807) is 7.05 Å². The van der Waals surface area contributed by atoms with Gasteiger partial charge in [0.1, 0.15) is 0 Å². The summed E-state index contributed by atoms with van der Waals surface area (Å²) in [5.41, 5.74) is 0. The van der Waals surface area contributed by atoms with E-state index in [1.807, 2.05) is 6.92 Å². The molecular weight excluding hydrogens is 192 g/mol. The second kappa shape index (κ2) is 6.81. The monoisotopic (exact) mass is 210 g/mol. The SMILES string of the molecule is C=CN(C)C(=O)CCC(=O)N(C=C)CC. The molecule has 0 aliphatic rings. The van der Waals surface area contributed by atoms with Crippen LogP contribution in [0.1, 0.15) is 19.8 Å². The Morgan fingerprint density at radius 2 is 1.67 bits per heavy atom. The number of carbonyl (C=O) groups is 2. The van der Waals surface area contributed by atoms with Gasteiger partial charge >= 0.3 is 0 Å². The molecule has 0 aliphatic carbocycles. The fraction of sp³-hybridized carbons (Fsp3) is 0.455. The van der Waals surface area contributed by atoms with Gasteiger partial charge in [-0.05, 0) is 19.3 Å². The maximum absolute atomic E-state index is 11.5. The fourth-order valence-electron chi connectivity index (χ4n) is 1.04. The molecule has 4 nitrogen and oxygen atoms in total. The van der Waals surface area contributed by atoms with Crippen molar-refractivity contribution in [3.63, 3.8) is 0 Å². The molecule has 0 N–H and O–H groups in total. The van der Waals surface area contributed by atoms with Crippen LogP contribution < -0.4 is 0 Å². The molecule has 0 heterocycles. The minimum atomic E-state index is -0.113. The first-order valence-electron chi connectivity index (χ1n) is 4.87. The van der Waals surface area contributed by atoms with Gasteiger partial charge in [0, 0.05) is 26.4 Å². The standard InChI is InChI=1S/C11H18N2O2/c1-5-12(4)10(14)8-9-11(15)13(6-2)7-3/h5-6H,1-2,7-9H2,3-4H3. The molecule has 0 aromatic carbocycles. The lowest BCUT2D eigenvalue weighted by Crippen LogP contribution is -2.27. The highest BCUT2D eigenvalue weighted by molar-refractivity contribution is 5.84. The first-order valence-corrected chi connectivity index (χ1v) is 4.87. The summed E-state index contributed by atoms with van der Waals surface area (Å²) in [6, 6.07) is 0. The van der Waals surface area contributed by atoms with Crippen molar-refractivity contribution in [3.05, 3.63) is 25.6 Å². The van der Waals surface area contributed by atoms with E-state index >= 15 is 0 Å². The van der Waals surface area contributed by atoms with Crippen molar-refractivity contribution in [2.75, 3.05) is 13.6 Å². The predicted octanol–water partition coefficient (Wildman–Crippen LogP) is 1.36. The van der Waals surface area contributed by atoms with Crippen molar-refractivity contribution >= 4 is 11.8 Å². The largest absolute Gasteiger partial charge is 0.323 e. The Labute approximate surface area is 90.9 Å². The molecule has 0 saturated heterocycles. The molecule has 0 rings (SSSR count). The summed E-state index contributed by atoms with van der Waals surface area (Å²) in [4.78, 5) is 25.7. The van der Waals surface area contributed by atoms with Gasteiger partial charge in [0.15, 0.2) is 0 Å². The van der Waals surface area contributed by atoms with Crippen LogP contribution in [0.25, 0.3) is 0 Å². The summed E-state index contributed by atoms with van der Waals surface area (Å²) in [6.45, 7) is 9.43. The molecule has 0 fully saturated rings. The third-order valence-corrected chi connectivity index (χ3v) is 2.10. The van der Waals surface area contributed by atoms with E-state index in [9.17, 15) is 9.59 Å². The maximum Gasteiger partial charge on any atom is 0.226 e. The molecule has 84 valence electrons. The Hall–Kier alpha value is -1.58. The summed E-state index contributed by atoms with van der Waals surface area (Å²) in [7, 11) is 1.62. The number of nitrogens with zero attached hydrogens (tertiary/aromatic N) is 2. The van der Waals surface area contributed by atoms with E-state index in [-0.39, 0.29) is 24.7 Å². The molecule has 4 heteroatoms. The minimum absolute atomic E-state index is 0.0849. The Bertz CT molecular complexity index is 261. The predicted molar refractivity (Wildman–Crippen MR) is 59.8 cm³/mol. The minimum Gasteiger partial charge on any atom is -0.323 e. The van der Waals surface area contributed by atoms with Crippen LogP contribution in [0.2, 0.25) is 0 Å². The van der Waals surface area contributed by atoms with Crippen molar-refractivity contribution in [2.45, 2.75) is 19.8 Å². The maximum atomic E-state index is 11.5. The fourth-order valence-corrected chi connectivity index (χ4v) is 1.04. The third kappa shape index (κ3) is 4.44. The van der Waals surface area contributed by atoms with Gasteiger partial charge in [-0.15, -0.1) is 0 Å². The topological polar surface area (TPSA) is 40.6 Å². The van der Waals surface area contributed by atoms with Crippen LogP contribution in [0.15, 0.2) is 25.6 Å². The zero-order valence-electron chi connectivity index (χ0n) is 9.40. The van der Waals surface area contributed by atoms with Crippen LogP contribution in [0.5, 0.6) is 0 Å². The van der Waals surface area contributed by atoms with Gasteiger partial charge in [-0.25, -0.2) is 0 Å². The highest BCUT2D eigenvalue weighted by atomic mass is 16.2. The molecule has 0 bridgehead atoms. The highest BCUT2D eigenvalue weighted by Gasteiger charge is 2.12. The van der Waals surface area contributed by atoms with Crippen LogP contribution in [-0.4, -0.2) is 35.2 Å². The van der Waals surface area contributed by atoms with Gasteiger partial charge in [-0.1, -0.05) is 13.2 Å². The van der Waals surface area contributed by atoms with Crippen LogP contribution >= 0.6 is 0 Å². The third-order valence-electron chi connectivity index (χ3n) is 2.10. The number of carbonyl (C=O) groups excluding carboxylic acids is 2. The van der Waals surface area contributed by atoms with Gasteiger partial charge in [0.05, 0.1) is 0 Å². The lowest BCUT2D eigenvalue weighted by atomic mass is 10.2. The zero-order valence-corrected chi connectivity index (χ0v) is 9.40. The molecule has 0 aromatic heterocycles. The van der Waals surface area contributed by atoms with Crippen LogP contribution in [0, 0.1) is 0 Å². The molecular formula is C11H18N2O2. The van der Waals surface area contributed by atoms with Crippen molar-refractivity contribution in [1.82, 2.24) is 9.80 Å². The van der Waals surface area contributed by atoms with Crippen molar-refractivity contribution in [3.8, 4) is 0 Å². The van der Waals surface area contributed by atoms with E-state index in [0.29, 0.717) is 6.54 Å². The van der Waals surface area contributed by atoms with Gasteiger partial charge in [0.2, 0.25) is 11.8 Å². The average molecular weight is 210 g/mol. The summed E-state index contributed by atoms with van der Waals surface area (Å²) in [6.07, 6.45) is 3.31. The highest BCUT2D eigenvalue weighted by Crippen LogP contribution is 2.01. The van der Waals surface area contributed by atoms with Gasteiger partial charge in [-0.3, -0.25) is 9.59 Å². The van der Waals surface area contributed by atoms with Gasteiger partial charge in [-0.2, -0.15) is 0 Å².